The molecule has 4 rings (SSSR count). The molecule has 0 saturated heterocycles. The first-order valence-electron chi connectivity index (χ1n) is 11.2. The minimum Gasteiger partial charge on any atom is -0.372 e. The summed E-state index contributed by atoms with van der Waals surface area (Å²) in [5, 5.41) is 2.91. The Hall–Kier alpha value is -3.93. The van der Waals surface area contributed by atoms with Crippen LogP contribution in [0.2, 0.25) is 0 Å². The predicted molar refractivity (Wildman–Crippen MR) is 130 cm³/mol. The van der Waals surface area contributed by atoms with Gasteiger partial charge in [0, 0.05) is 30.9 Å². The third kappa shape index (κ3) is 4.51. The van der Waals surface area contributed by atoms with Gasteiger partial charge in [-0.2, -0.15) is 0 Å². The number of benzene rings is 3. The molecule has 168 valence electrons. The number of hydrogen-bond donors (Lipinski definition) is 1. The summed E-state index contributed by atoms with van der Waals surface area (Å²) >= 11 is 0. The van der Waals surface area contributed by atoms with Gasteiger partial charge in [0.15, 0.2) is 0 Å². The third-order valence-electron chi connectivity index (χ3n) is 5.98. The molecule has 1 unspecified atom stereocenters. The average molecular weight is 442 g/mol. The molecule has 1 heterocycles. The highest BCUT2D eigenvalue weighted by molar-refractivity contribution is 6.23. The molecule has 0 aromatic heterocycles. The third-order valence-corrected chi connectivity index (χ3v) is 5.98. The van der Waals surface area contributed by atoms with Crippen LogP contribution >= 0.6 is 0 Å². The van der Waals surface area contributed by atoms with E-state index in [9.17, 15) is 14.4 Å². The minimum atomic E-state index is -0.970. The Kier molecular flexibility index (Phi) is 6.54. The Labute approximate surface area is 193 Å². The van der Waals surface area contributed by atoms with Gasteiger partial charge in [0.05, 0.1) is 11.1 Å². The van der Waals surface area contributed by atoms with Crippen molar-refractivity contribution in [3.63, 3.8) is 0 Å². The number of fused-ring (bicyclic) bond motifs is 1. The lowest BCUT2D eigenvalue weighted by atomic mass is 10.0. The number of carbonyl (C=O) groups excluding carboxylic acids is 3. The van der Waals surface area contributed by atoms with E-state index in [4.69, 9.17) is 0 Å². The molecular weight excluding hydrogens is 414 g/mol. The van der Waals surface area contributed by atoms with Crippen LogP contribution in [0.15, 0.2) is 78.9 Å². The van der Waals surface area contributed by atoms with E-state index in [2.05, 4.69) is 24.1 Å². The summed E-state index contributed by atoms with van der Waals surface area (Å²) in [5.41, 5.74) is 3.21. The molecule has 1 N–H and O–H groups in total. The highest BCUT2D eigenvalue weighted by atomic mass is 16.2. The average Bonchev–Trinajstić information content (AvgIpc) is 3.10. The summed E-state index contributed by atoms with van der Waals surface area (Å²) in [5.74, 6) is -1.28. The molecule has 6 nitrogen and oxygen atoms in total. The van der Waals surface area contributed by atoms with Crippen LogP contribution in [0.3, 0.4) is 0 Å². The maximum atomic E-state index is 13.4. The first kappa shape index (κ1) is 22.3. The molecule has 0 spiro atoms. The van der Waals surface area contributed by atoms with Crippen LogP contribution in [-0.4, -0.2) is 41.8 Å². The molecule has 0 saturated carbocycles. The highest BCUT2D eigenvalue weighted by Crippen LogP contribution is 2.27. The smallest absolute Gasteiger partial charge is 0.262 e. The zero-order chi connectivity index (χ0) is 23.4. The van der Waals surface area contributed by atoms with E-state index in [0.29, 0.717) is 16.8 Å². The van der Waals surface area contributed by atoms with E-state index in [0.717, 1.165) is 29.2 Å². The summed E-state index contributed by atoms with van der Waals surface area (Å²) in [6, 6.07) is 22.7. The van der Waals surface area contributed by atoms with Crippen molar-refractivity contribution >= 4 is 29.1 Å². The lowest BCUT2D eigenvalue weighted by molar-refractivity contribution is -0.119. The highest BCUT2D eigenvalue weighted by Gasteiger charge is 2.42. The minimum absolute atomic E-state index is 0.232. The fourth-order valence-electron chi connectivity index (χ4n) is 4.20. The van der Waals surface area contributed by atoms with E-state index in [1.807, 2.05) is 54.6 Å². The Bertz CT molecular complexity index is 1120. The van der Waals surface area contributed by atoms with Crippen LogP contribution in [-0.2, 0) is 11.2 Å². The van der Waals surface area contributed by atoms with Gasteiger partial charge >= 0.3 is 0 Å². The molecule has 3 aromatic rings. The molecule has 0 aliphatic carbocycles. The molecule has 1 aliphatic rings. The summed E-state index contributed by atoms with van der Waals surface area (Å²) < 4.78 is 0. The van der Waals surface area contributed by atoms with Crippen LogP contribution in [0.5, 0.6) is 0 Å². The van der Waals surface area contributed by atoms with Crippen molar-refractivity contribution < 1.29 is 14.4 Å². The van der Waals surface area contributed by atoms with Gasteiger partial charge in [-0.3, -0.25) is 19.3 Å². The number of rotatable bonds is 8. The van der Waals surface area contributed by atoms with Crippen molar-refractivity contribution in [3.05, 3.63) is 95.6 Å². The SMILES string of the molecule is CCN(CC)c1ccc(NC(=O)C(Cc2ccccc2)N2C(=O)c3ccccc3C2=O)cc1. The summed E-state index contributed by atoms with van der Waals surface area (Å²) in [7, 11) is 0. The summed E-state index contributed by atoms with van der Waals surface area (Å²) in [6.07, 6.45) is 0.232. The van der Waals surface area contributed by atoms with Crippen molar-refractivity contribution in [3.8, 4) is 0 Å². The lowest BCUT2D eigenvalue weighted by Crippen LogP contribution is -2.48. The van der Waals surface area contributed by atoms with Crippen LogP contribution < -0.4 is 10.2 Å². The zero-order valence-corrected chi connectivity index (χ0v) is 18.8. The number of nitrogens with one attached hydrogen (secondary N) is 1. The van der Waals surface area contributed by atoms with E-state index in [1.165, 1.54) is 0 Å². The maximum absolute atomic E-state index is 13.4. The number of nitrogens with zero attached hydrogens (tertiary/aromatic N) is 2. The number of hydrogen-bond acceptors (Lipinski definition) is 4. The van der Waals surface area contributed by atoms with Gasteiger partial charge in [-0.1, -0.05) is 42.5 Å². The molecular formula is C27H27N3O3. The van der Waals surface area contributed by atoms with Gasteiger partial charge < -0.3 is 10.2 Å². The largest absolute Gasteiger partial charge is 0.372 e. The van der Waals surface area contributed by atoms with E-state index in [-0.39, 0.29) is 6.42 Å². The number of amides is 3. The Balaban J connectivity index is 1.61. The molecule has 6 heteroatoms. The Morgan fingerprint density at radius 1 is 0.818 bits per heavy atom. The van der Waals surface area contributed by atoms with E-state index >= 15 is 0 Å². The molecule has 0 bridgehead atoms. The Morgan fingerprint density at radius 2 is 1.36 bits per heavy atom. The fraction of sp³-hybridized carbons (Fsp3) is 0.222. The van der Waals surface area contributed by atoms with Crippen LogP contribution in [0.4, 0.5) is 11.4 Å². The summed E-state index contributed by atoms with van der Waals surface area (Å²) in [4.78, 5) is 42.9. The topological polar surface area (TPSA) is 69.7 Å². The lowest BCUT2D eigenvalue weighted by Gasteiger charge is -2.26. The van der Waals surface area contributed by atoms with Crippen molar-refractivity contribution in [2.24, 2.45) is 0 Å². The number of carbonyl (C=O) groups is 3. The second kappa shape index (κ2) is 9.69. The summed E-state index contributed by atoms with van der Waals surface area (Å²) in [6.45, 7) is 5.97. The van der Waals surface area contributed by atoms with Gasteiger partial charge in [-0.15, -0.1) is 0 Å². The fourth-order valence-corrected chi connectivity index (χ4v) is 4.20. The van der Waals surface area contributed by atoms with Crippen LogP contribution in [0, 0.1) is 0 Å². The first-order valence-corrected chi connectivity index (χ1v) is 11.2. The second-order valence-electron chi connectivity index (χ2n) is 7.94. The molecule has 0 radical (unpaired) electrons. The van der Waals surface area contributed by atoms with Crippen molar-refractivity contribution in [2.75, 3.05) is 23.3 Å². The maximum Gasteiger partial charge on any atom is 0.262 e. The van der Waals surface area contributed by atoms with E-state index < -0.39 is 23.8 Å². The zero-order valence-electron chi connectivity index (χ0n) is 18.8. The number of anilines is 2. The Morgan fingerprint density at radius 3 is 1.91 bits per heavy atom. The molecule has 3 aromatic carbocycles. The predicted octanol–water partition coefficient (Wildman–Crippen LogP) is 4.38. The molecule has 0 fully saturated rings. The standard InChI is InChI=1S/C27H27N3O3/c1-3-29(4-2)21-16-14-20(15-17-21)28-25(31)24(18-19-10-6-5-7-11-19)30-26(32)22-12-8-9-13-23(22)27(30)33/h5-17,24H,3-4,18H2,1-2H3,(H,28,31). The molecule has 33 heavy (non-hydrogen) atoms. The van der Waals surface area contributed by atoms with Gasteiger partial charge in [0.2, 0.25) is 5.91 Å². The number of imide groups is 1. The van der Waals surface area contributed by atoms with E-state index in [1.54, 1.807) is 24.3 Å². The monoisotopic (exact) mass is 441 g/mol. The van der Waals surface area contributed by atoms with Crippen LogP contribution in [0.25, 0.3) is 0 Å². The van der Waals surface area contributed by atoms with Crippen molar-refractivity contribution in [1.82, 2.24) is 4.90 Å². The second-order valence-corrected chi connectivity index (χ2v) is 7.94. The first-order chi connectivity index (χ1) is 16.0. The molecule has 1 atom stereocenters. The van der Waals surface area contributed by atoms with Gasteiger partial charge in [0.1, 0.15) is 6.04 Å². The molecule has 3 amide bonds. The van der Waals surface area contributed by atoms with Gasteiger partial charge in [-0.05, 0) is 55.8 Å². The van der Waals surface area contributed by atoms with Crippen molar-refractivity contribution in [1.29, 1.82) is 0 Å². The van der Waals surface area contributed by atoms with Gasteiger partial charge in [-0.25, -0.2) is 0 Å². The quantitative estimate of drug-likeness (QED) is 0.527. The van der Waals surface area contributed by atoms with Gasteiger partial charge in [0.25, 0.3) is 11.8 Å². The molecule has 1 aliphatic heterocycles. The van der Waals surface area contributed by atoms with Crippen molar-refractivity contribution in [2.45, 2.75) is 26.3 Å². The normalized spacial score (nSPS) is 13.6. The van der Waals surface area contributed by atoms with Crippen LogP contribution in [0.1, 0.15) is 40.1 Å².